The molecule has 3 nitrogen and oxygen atoms in total. The molecule has 2 rings (SSSR count). The third kappa shape index (κ3) is 7.30. The molecule has 2 heterocycles. The van der Waals surface area contributed by atoms with E-state index in [1.54, 1.807) is 0 Å². The fraction of sp³-hybridized carbons (Fsp3) is 0.654. The number of allylic oxidation sites excluding steroid dienone is 2. The average Bonchev–Trinajstić information content (AvgIpc) is 2.61. The maximum atomic E-state index is 6.54. The second-order valence-corrected chi connectivity index (χ2v) is 9.56. The molecule has 0 aromatic rings. The number of rotatable bonds is 7. The van der Waals surface area contributed by atoms with Gasteiger partial charge in [0.2, 0.25) is 5.79 Å². The van der Waals surface area contributed by atoms with Gasteiger partial charge in [0.15, 0.2) is 0 Å². The van der Waals surface area contributed by atoms with E-state index >= 15 is 0 Å². The molecule has 168 valence electrons. The van der Waals surface area contributed by atoms with Gasteiger partial charge in [-0.25, -0.2) is 6.08 Å². The van der Waals surface area contributed by atoms with Crippen LogP contribution in [-0.4, -0.2) is 23.5 Å². The van der Waals surface area contributed by atoms with Crippen LogP contribution in [0.25, 0.3) is 0 Å². The number of hydrogen-bond acceptors (Lipinski definition) is 3. The van der Waals surface area contributed by atoms with E-state index in [1.165, 1.54) is 16.7 Å². The summed E-state index contributed by atoms with van der Waals surface area (Å²) in [6.07, 6.45) is 15.4. The van der Waals surface area contributed by atoms with Crippen molar-refractivity contribution in [3.63, 3.8) is 0 Å². The molecular formula is C26H41NO2W. The fourth-order valence-corrected chi connectivity index (χ4v) is 4.06. The minimum Gasteiger partial charge on any atom is -0.501 e. The van der Waals surface area contributed by atoms with E-state index in [9.17, 15) is 0 Å². The molecule has 2 aliphatic heterocycles. The smallest absolute Gasteiger partial charge is 0.501 e. The maximum absolute atomic E-state index is 6.54. The average molecular weight is 583 g/mol. The normalized spacial score (nSPS) is 31.4. The van der Waals surface area contributed by atoms with Gasteiger partial charge >= 0.3 is 21.1 Å². The Hall–Kier alpha value is -0.472. The van der Waals surface area contributed by atoms with Gasteiger partial charge < -0.3 is 28.2 Å². The molecular weight excluding hydrogens is 542 g/mol. The monoisotopic (exact) mass is 583 g/mol. The Morgan fingerprint density at radius 3 is 2.63 bits per heavy atom. The Balaban J connectivity index is 0.00000450. The molecule has 0 saturated heterocycles. The van der Waals surface area contributed by atoms with E-state index in [4.69, 9.17) is 15.2 Å². The summed E-state index contributed by atoms with van der Waals surface area (Å²) in [6, 6.07) is 0. The summed E-state index contributed by atoms with van der Waals surface area (Å²) < 4.78 is 13.0. The summed E-state index contributed by atoms with van der Waals surface area (Å²) in [5.41, 5.74) is 10.0. The fourth-order valence-electron chi connectivity index (χ4n) is 4.06. The van der Waals surface area contributed by atoms with Crippen LogP contribution in [0.4, 0.5) is 0 Å². The summed E-state index contributed by atoms with van der Waals surface area (Å²) in [7, 11) is 0. The van der Waals surface area contributed by atoms with Crippen molar-refractivity contribution < 1.29 is 30.5 Å². The summed E-state index contributed by atoms with van der Waals surface area (Å²) in [5.74, 6) is -0.253. The van der Waals surface area contributed by atoms with Crippen molar-refractivity contribution in [1.29, 1.82) is 0 Å². The van der Waals surface area contributed by atoms with Gasteiger partial charge in [0.1, 0.15) is 0 Å². The Kier molecular flexibility index (Phi) is 10.5. The molecule has 0 amide bonds. The summed E-state index contributed by atoms with van der Waals surface area (Å²) >= 11 is 0. The molecule has 1 unspecified atom stereocenters. The minimum atomic E-state index is -0.812. The van der Waals surface area contributed by atoms with Crippen molar-refractivity contribution >= 4 is 0 Å². The van der Waals surface area contributed by atoms with E-state index in [0.29, 0.717) is 5.92 Å². The van der Waals surface area contributed by atoms with Crippen molar-refractivity contribution in [3.05, 3.63) is 54.0 Å². The van der Waals surface area contributed by atoms with Gasteiger partial charge in [-0.05, 0) is 71.4 Å². The predicted octanol–water partition coefficient (Wildman–Crippen LogP) is 6.08. The zero-order valence-corrected chi connectivity index (χ0v) is 22.9. The predicted molar refractivity (Wildman–Crippen MR) is 122 cm³/mol. The molecule has 5 atom stereocenters. The minimum absolute atomic E-state index is 0. The first-order valence-electron chi connectivity index (χ1n) is 11.0. The molecule has 0 radical (unpaired) electrons. The second-order valence-electron chi connectivity index (χ2n) is 9.56. The quantitative estimate of drug-likeness (QED) is 0.292. The Bertz CT molecular complexity index is 686. The zero-order chi connectivity index (χ0) is 21.8. The van der Waals surface area contributed by atoms with Crippen LogP contribution in [-0.2, 0) is 30.5 Å². The molecule has 30 heavy (non-hydrogen) atoms. The molecule has 4 heteroatoms. The van der Waals surface area contributed by atoms with Gasteiger partial charge in [0.25, 0.3) is 0 Å². The maximum Gasteiger partial charge on any atom is 2.00 e. The van der Waals surface area contributed by atoms with Crippen LogP contribution < -0.4 is 5.73 Å². The van der Waals surface area contributed by atoms with Gasteiger partial charge in [0.05, 0.1) is 6.10 Å². The van der Waals surface area contributed by atoms with E-state index in [0.717, 1.165) is 25.7 Å². The van der Waals surface area contributed by atoms with Crippen LogP contribution in [0.1, 0.15) is 74.1 Å². The summed E-state index contributed by atoms with van der Waals surface area (Å²) in [5, 5.41) is 0. The van der Waals surface area contributed by atoms with Crippen LogP contribution >= 0.6 is 0 Å². The van der Waals surface area contributed by atoms with Gasteiger partial charge in [-0.2, -0.15) is 6.92 Å². The van der Waals surface area contributed by atoms with E-state index in [1.807, 2.05) is 13.0 Å². The molecule has 0 bridgehead atoms. The SMILES string of the molecule is [CH2-][C@H]1C(CC)=C[C@@]2(C=C(C)C[C@H](/C=C(\C)CCC(C)C(C)(C)N)O2)O[C@H]1C=[C-]C.[W+2]. The van der Waals surface area contributed by atoms with Gasteiger partial charge in [-0.3, -0.25) is 0 Å². The van der Waals surface area contributed by atoms with Crippen molar-refractivity contribution in [3.8, 4) is 0 Å². The molecule has 0 aromatic carbocycles. The number of nitrogens with two attached hydrogens (primary N) is 1. The van der Waals surface area contributed by atoms with E-state index in [2.05, 4.69) is 72.8 Å². The van der Waals surface area contributed by atoms with Gasteiger partial charge in [-0.1, -0.05) is 36.6 Å². The Morgan fingerprint density at radius 2 is 2.07 bits per heavy atom. The van der Waals surface area contributed by atoms with Gasteiger partial charge in [0, 0.05) is 11.6 Å². The van der Waals surface area contributed by atoms with Crippen molar-refractivity contribution in [2.45, 2.75) is 97.7 Å². The molecule has 0 saturated carbocycles. The van der Waals surface area contributed by atoms with E-state index in [-0.39, 0.29) is 44.7 Å². The first-order valence-corrected chi connectivity index (χ1v) is 11.0. The molecule has 0 fully saturated rings. The molecule has 1 spiro atoms. The third-order valence-electron chi connectivity index (χ3n) is 6.34. The van der Waals surface area contributed by atoms with Crippen LogP contribution in [0.5, 0.6) is 0 Å². The largest absolute Gasteiger partial charge is 2.00 e. The molecule has 0 aromatic heterocycles. The van der Waals surface area contributed by atoms with E-state index < -0.39 is 5.79 Å². The van der Waals surface area contributed by atoms with Gasteiger partial charge in [-0.15, -0.1) is 5.92 Å². The Morgan fingerprint density at radius 1 is 1.40 bits per heavy atom. The van der Waals surface area contributed by atoms with Crippen LogP contribution in [0.2, 0.25) is 0 Å². The topological polar surface area (TPSA) is 44.5 Å². The zero-order valence-electron chi connectivity index (χ0n) is 20.0. The van der Waals surface area contributed by atoms with Crippen LogP contribution in [0, 0.1) is 24.8 Å². The summed E-state index contributed by atoms with van der Waals surface area (Å²) in [6.45, 7) is 19.2. The molecule has 0 aliphatic carbocycles. The standard InChI is InChI=1S/C26H41NO2.W/c1-9-11-24-21(6)22(10-2)17-26(29-24)16-19(4)15-23(28-26)14-18(3)12-13-20(5)25(7,8)27;/h11,14,16-17,20-21,23-24H,6,10,12-13,15,27H2,1-5,7-8H3;/q-2;+2/b18-14+;/t20?,21-,23-,24-,26+;/m0./s1. The van der Waals surface area contributed by atoms with Crippen molar-refractivity contribution in [1.82, 2.24) is 0 Å². The van der Waals surface area contributed by atoms with Crippen molar-refractivity contribution in [2.75, 3.05) is 0 Å². The molecule has 2 N–H and O–H groups in total. The first-order chi connectivity index (χ1) is 13.5. The number of hydrogen-bond donors (Lipinski definition) is 1. The van der Waals surface area contributed by atoms with Crippen LogP contribution in [0.15, 0.2) is 41.0 Å². The van der Waals surface area contributed by atoms with Crippen molar-refractivity contribution in [2.24, 2.45) is 17.6 Å². The molecule has 2 aliphatic rings. The third-order valence-corrected chi connectivity index (χ3v) is 6.34. The summed E-state index contributed by atoms with van der Waals surface area (Å²) in [4.78, 5) is 0. The second kappa shape index (κ2) is 11.4. The Labute approximate surface area is 199 Å². The first kappa shape index (κ1) is 27.6. The number of ether oxygens (including phenoxy) is 2. The van der Waals surface area contributed by atoms with Crippen LogP contribution in [0.3, 0.4) is 0 Å².